The third-order valence-corrected chi connectivity index (χ3v) is 3.93. The molecule has 0 aromatic rings. The number of aliphatic imine (C=N–C) groups is 1. The molecule has 130 valence electrons. The van der Waals surface area contributed by atoms with E-state index < -0.39 is 0 Å². The maximum absolute atomic E-state index is 11.0. The molecule has 1 fully saturated rings. The lowest BCUT2D eigenvalue weighted by Gasteiger charge is -2.33. The summed E-state index contributed by atoms with van der Waals surface area (Å²) >= 11 is 0. The lowest BCUT2D eigenvalue weighted by Crippen LogP contribution is -2.41. The van der Waals surface area contributed by atoms with Crippen LogP contribution in [-0.2, 0) is 9.53 Å². The Kier molecular flexibility index (Phi) is 12.6. The van der Waals surface area contributed by atoms with E-state index in [1.54, 1.807) is 7.05 Å². The average Bonchev–Trinajstić information content (AvgIpc) is 2.51. The maximum atomic E-state index is 11.0. The molecule has 1 heterocycles. The Morgan fingerprint density at radius 3 is 2.68 bits per heavy atom. The third-order valence-electron chi connectivity index (χ3n) is 3.93. The molecule has 1 aliphatic rings. The van der Waals surface area contributed by atoms with Crippen LogP contribution in [0.25, 0.3) is 0 Å². The van der Waals surface area contributed by atoms with Gasteiger partial charge in [-0.1, -0.05) is 6.42 Å². The number of esters is 1. The van der Waals surface area contributed by atoms with Crippen molar-refractivity contribution in [2.45, 2.75) is 45.1 Å². The van der Waals surface area contributed by atoms with Crippen LogP contribution in [-0.4, -0.2) is 63.2 Å². The van der Waals surface area contributed by atoms with Crippen LogP contribution >= 0.6 is 24.0 Å². The number of hydrogen-bond acceptors (Lipinski definition) is 4. The van der Waals surface area contributed by atoms with Crippen molar-refractivity contribution < 1.29 is 9.53 Å². The number of halogens is 1. The van der Waals surface area contributed by atoms with Crippen LogP contribution in [0.1, 0.15) is 39.0 Å². The monoisotopic (exact) mass is 426 g/mol. The predicted molar refractivity (Wildman–Crippen MR) is 101 cm³/mol. The summed E-state index contributed by atoms with van der Waals surface area (Å²) < 4.78 is 4.60. The van der Waals surface area contributed by atoms with Crippen molar-refractivity contribution in [3.63, 3.8) is 0 Å². The molecule has 1 aliphatic heterocycles. The highest BCUT2D eigenvalue weighted by Gasteiger charge is 2.17. The Bertz CT molecular complexity index is 340. The standard InChI is InChI=1S/C15H30N4O2.HI/c1-13-7-4-5-11-19(13)12-6-9-17-15(16-2)18-10-8-14(20)21-3;/h13H,4-12H2,1-3H3,(H2,16,17,18);1H. The Hall–Kier alpha value is -0.570. The molecule has 6 nitrogen and oxygen atoms in total. The number of hydrogen-bond donors (Lipinski definition) is 2. The molecule has 2 N–H and O–H groups in total. The zero-order chi connectivity index (χ0) is 15.5. The van der Waals surface area contributed by atoms with E-state index in [1.807, 2.05) is 0 Å². The summed E-state index contributed by atoms with van der Waals surface area (Å²) in [5, 5.41) is 6.38. The maximum Gasteiger partial charge on any atom is 0.307 e. The topological polar surface area (TPSA) is 66.0 Å². The summed E-state index contributed by atoms with van der Waals surface area (Å²) in [6.07, 6.45) is 5.47. The van der Waals surface area contributed by atoms with Crippen molar-refractivity contribution in [2.24, 2.45) is 4.99 Å². The molecule has 0 saturated carbocycles. The normalized spacial score (nSPS) is 19.2. The van der Waals surface area contributed by atoms with Gasteiger partial charge in [-0.2, -0.15) is 0 Å². The minimum absolute atomic E-state index is 0. The molecule has 0 aliphatic carbocycles. The highest BCUT2D eigenvalue weighted by Crippen LogP contribution is 2.15. The van der Waals surface area contributed by atoms with E-state index in [9.17, 15) is 4.79 Å². The van der Waals surface area contributed by atoms with Gasteiger partial charge in [0.1, 0.15) is 0 Å². The van der Waals surface area contributed by atoms with Crippen molar-refractivity contribution in [1.29, 1.82) is 0 Å². The van der Waals surface area contributed by atoms with Gasteiger partial charge in [0.05, 0.1) is 13.5 Å². The number of carbonyl (C=O) groups excluding carboxylic acids is 1. The molecule has 1 saturated heterocycles. The lowest BCUT2D eigenvalue weighted by atomic mass is 10.0. The number of ether oxygens (including phenoxy) is 1. The number of nitrogens with zero attached hydrogens (tertiary/aromatic N) is 2. The van der Waals surface area contributed by atoms with Gasteiger partial charge in [0.25, 0.3) is 0 Å². The van der Waals surface area contributed by atoms with Crippen molar-refractivity contribution in [3.05, 3.63) is 0 Å². The lowest BCUT2D eigenvalue weighted by molar-refractivity contribution is -0.140. The first-order valence-corrected chi connectivity index (χ1v) is 7.92. The van der Waals surface area contributed by atoms with E-state index in [1.165, 1.54) is 32.9 Å². The Balaban J connectivity index is 0.00000441. The predicted octanol–water partition coefficient (Wildman–Crippen LogP) is 1.60. The molecule has 1 unspecified atom stereocenters. The molecule has 0 bridgehead atoms. The van der Waals surface area contributed by atoms with E-state index in [-0.39, 0.29) is 29.9 Å². The molecule has 22 heavy (non-hydrogen) atoms. The number of nitrogens with one attached hydrogen (secondary N) is 2. The summed E-state index contributed by atoms with van der Waals surface area (Å²) in [5.74, 6) is 0.530. The molecule has 0 radical (unpaired) electrons. The van der Waals surface area contributed by atoms with Crippen LogP contribution in [0, 0.1) is 0 Å². The van der Waals surface area contributed by atoms with Crippen LogP contribution < -0.4 is 10.6 Å². The second-order valence-electron chi connectivity index (χ2n) is 5.49. The number of guanidine groups is 1. The second-order valence-corrected chi connectivity index (χ2v) is 5.49. The quantitative estimate of drug-likeness (QED) is 0.213. The van der Waals surface area contributed by atoms with Gasteiger partial charge in [-0.05, 0) is 32.7 Å². The van der Waals surface area contributed by atoms with Crippen molar-refractivity contribution in [2.75, 3.05) is 40.3 Å². The first-order chi connectivity index (χ1) is 10.2. The summed E-state index contributed by atoms with van der Waals surface area (Å²) in [5.41, 5.74) is 0. The number of carbonyl (C=O) groups is 1. The van der Waals surface area contributed by atoms with Gasteiger partial charge in [-0.25, -0.2) is 0 Å². The van der Waals surface area contributed by atoms with Crippen molar-refractivity contribution in [3.8, 4) is 0 Å². The largest absolute Gasteiger partial charge is 0.469 e. The van der Waals surface area contributed by atoms with Gasteiger partial charge in [0, 0.05) is 32.7 Å². The highest BCUT2D eigenvalue weighted by molar-refractivity contribution is 14.0. The van der Waals surface area contributed by atoms with E-state index >= 15 is 0 Å². The fraction of sp³-hybridized carbons (Fsp3) is 0.867. The zero-order valence-corrected chi connectivity index (χ0v) is 16.4. The fourth-order valence-corrected chi connectivity index (χ4v) is 2.58. The molecular weight excluding hydrogens is 395 g/mol. The molecular formula is C15H31IN4O2. The SMILES string of the molecule is CN=C(NCCCN1CCCCC1C)NCCC(=O)OC.I. The highest BCUT2D eigenvalue weighted by atomic mass is 127. The molecule has 0 amide bonds. The van der Waals surface area contributed by atoms with E-state index in [0.29, 0.717) is 13.0 Å². The number of likely N-dealkylation sites (tertiary alicyclic amines) is 1. The zero-order valence-electron chi connectivity index (χ0n) is 14.1. The number of rotatable bonds is 7. The Morgan fingerprint density at radius 2 is 2.05 bits per heavy atom. The Labute approximate surface area is 151 Å². The van der Waals surface area contributed by atoms with Crippen LogP contribution in [0.4, 0.5) is 0 Å². The second kappa shape index (κ2) is 12.9. The molecule has 0 aromatic heterocycles. The van der Waals surface area contributed by atoms with Gasteiger partial charge in [-0.3, -0.25) is 9.79 Å². The smallest absolute Gasteiger partial charge is 0.307 e. The summed E-state index contributed by atoms with van der Waals surface area (Å²) in [6, 6.07) is 0.719. The van der Waals surface area contributed by atoms with E-state index in [4.69, 9.17) is 0 Å². The van der Waals surface area contributed by atoms with Gasteiger partial charge in [-0.15, -0.1) is 24.0 Å². The molecule has 1 rings (SSSR count). The van der Waals surface area contributed by atoms with E-state index in [0.717, 1.165) is 31.5 Å². The van der Waals surface area contributed by atoms with Crippen LogP contribution in [0.15, 0.2) is 4.99 Å². The summed E-state index contributed by atoms with van der Waals surface area (Å²) in [6.45, 7) is 6.11. The summed E-state index contributed by atoms with van der Waals surface area (Å²) in [4.78, 5) is 17.7. The molecule has 7 heteroatoms. The average molecular weight is 426 g/mol. The first-order valence-electron chi connectivity index (χ1n) is 7.92. The summed E-state index contributed by atoms with van der Waals surface area (Å²) in [7, 11) is 3.14. The van der Waals surface area contributed by atoms with Crippen LogP contribution in [0.5, 0.6) is 0 Å². The molecule has 0 aromatic carbocycles. The van der Waals surface area contributed by atoms with Gasteiger partial charge in [0.2, 0.25) is 0 Å². The number of methoxy groups -OCH3 is 1. The molecule has 0 spiro atoms. The van der Waals surface area contributed by atoms with E-state index in [2.05, 4.69) is 32.2 Å². The molecule has 1 atom stereocenters. The van der Waals surface area contributed by atoms with Gasteiger partial charge < -0.3 is 20.3 Å². The van der Waals surface area contributed by atoms with Crippen molar-refractivity contribution in [1.82, 2.24) is 15.5 Å². The first kappa shape index (κ1) is 21.4. The number of piperidine rings is 1. The van der Waals surface area contributed by atoms with Crippen molar-refractivity contribution >= 4 is 35.9 Å². The minimum atomic E-state index is -0.211. The Morgan fingerprint density at radius 1 is 1.32 bits per heavy atom. The van der Waals surface area contributed by atoms with Crippen LogP contribution in [0.3, 0.4) is 0 Å². The van der Waals surface area contributed by atoms with Gasteiger partial charge in [0.15, 0.2) is 5.96 Å². The fourth-order valence-electron chi connectivity index (χ4n) is 2.58. The minimum Gasteiger partial charge on any atom is -0.469 e. The van der Waals surface area contributed by atoms with Crippen LogP contribution in [0.2, 0.25) is 0 Å². The third kappa shape index (κ3) is 8.77. The van der Waals surface area contributed by atoms with Gasteiger partial charge >= 0.3 is 5.97 Å².